The predicted octanol–water partition coefficient (Wildman–Crippen LogP) is 3.62. The van der Waals surface area contributed by atoms with Crippen LogP contribution in [0.1, 0.15) is 112 Å². The van der Waals surface area contributed by atoms with Gasteiger partial charge in [0, 0.05) is 36.6 Å². The van der Waals surface area contributed by atoms with Crippen LogP contribution >= 0.6 is 11.3 Å². The number of nitrogens with one attached hydrogen (secondary N) is 7. The Bertz CT molecular complexity index is 1870. The molecular formula is C44H68N10O6S. The Morgan fingerprint density at radius 1 is 0.902 bits per heavy atom. The van der Waals surface area contributed by atoms with Crippen LogP contribution in [0.15, 0.2) is 46.9 Å². The number of hydrogen-bond donors (Lipinski definition) is 7. The first-order valence-corrected chi connectivity index (χ1v) is 22.2. The Morgan fingerprint density at radius 3 is 2.15 bits per heavy atom. The van der Waals surface area contributed by atoms with Crippen LogP contribution in [0, 0.1) is 22.7 Å². The zero-order chi connectivity index (χ0) is 45.4. The van der Waals surface area contributed by atoms with E-state index in [9.17, 15) is 28.8 Å². The van der Waals surface area contributed by atoms with Crippen molar-refractivity contribution in [3.63, 3.8) is 0 Å². The lowest BCUT2D eigenvalue weighted by Crippen LogP contribution is -2.65. The minimum atomic E-state index is -1.10. The number of carbonyl (C=O) groups is 6. The van der Waals surface area contributed by atoms with Crippen LogP contribution in [0.25, 0.3) is 0 Å². The standard InChI is InChI=1S/C44H68N10O6S/c1-24(2)31-37(56)53-34(43(7,8)9)36(46-23-30(55)54-20-18-26(5)33(54)39(58)50-31)52-35(44(10,11)12)40(59)51-32(27(6)28-16-14-13-15-17-28)38(57)49-29(41-45-19-21-61-41)22-47-42(60)48-25(3)4/h13-17,19,21,24-27,29,31-35H,18,20,22-23H2,1-12H3,(H,46,52)(H,49,57)(H,50,58)(H,51,59)(H,53,56)(H2,47,48,60)/t26-,27+,29-,31+,32?,33+,34?,35?/m1/s1. The largest absolute Gasteiger partial charge is 0.360 e. The van der Waals surface area contributed by atoms with E-state index in [1.165, 1.54) is 16.2 Å². The van der Waals surface area contributed by atoms with E-state index in [0.29, 0.717) is 18.0 Å². The molecule has 0 bridgehead atoms. The minimum absolute atomic E-state index is 0.0429. The van der Waals surface area contributed by atoms with Gasteiger partial charge in [0.05, 0.1) is 12.1 Å². The molecule has 3 heterocycles. The van der Waals surface area contributed by atoms with E-state index in [4.69, 9.17) is 4.99 Å². The van der Waals surface area contributed by atoms with Gasteiger partial charge in [-0.3, -0.25) is 29.0 Å². The Kier molecular flexibility index (Phi) is 16.5. The van der Waals surface area contributed by atoms with Crippen LogP contribution in [0.4, 0.5) is 4.79 Å². The van der Waals surface area contributed by atoms with Crippen molar-refractivity contribution in [2.75, 3.05) is 19.6 Å². The normalized spacial score (nSPS) is 22.3. The molecule has 336 valence electrons. The van der Waals surface area contributed by atoms with Gasteiger partial charge >= 0.3 is 6.03 Å². The van der Waals surface area contributed by atoms with Crippen molar-refractivity contribution in [3.8, 4) is 0 Å². The van der Waals surface area contributed by atoms with Crippen molar-refractivity contribution in [2.24, 2.45) is 27.7 Å². The highest BCUT2D eigenvalue weighted by Gasteiger charge is 2.44. The van der Waals surface area contributed by atoms with Crippen LogP contribution in [-0.2, 0) is 24.0 Å². The fourth-order valence-corrected chi connectivity index (χ4v) is 8.28. The number of aromatic nitrogens is 1. The van der Waals surface area contributed by atoms with Gasteiger partial charge in [-0.15, -0.1) is 11.3 Å². The number of urea groups is 1. The highest BCUT2D eigenvalue weighted by atomic mass is 32.1. The maximum atomic E-state index is 14.9. The molecule has 8 atom stereocenters. The summed E-state index contributed by atoms with van der Waals surface area (Å²) in [5, 5.41) is 23.5. The lowest BCUT2D eigenvalue weighted by atomic mass is 9.82. The topological polar surface area (TPSA) is 215 Å². The molecule has 3 unspecified atom stereocenters. The number of amides is 7. The second-order valence-corrected chi connectivity index (χ2v) is 20.0. The number of aliphatic imine (C=N–C) groups is 1. The Labute approximate surface area is 365 Å². The predicted molar refractivity (Wildman–Crippen MR) is 238 cm³/mol. The summed E-state index contributed by atoms with van der Waals surface area (Å²) < 4.78 is 0. The first-order chi connectivity index (χ1) is 28.5. The van der Waals surface area contributed by atoms with Gasteiger partial charge < -0.3 is 42.1 Å². The number of thiazole rings is 1. The summed E-state index contributed by atoms with van der Waals surface area (Å²) in [5.74, 6) is -2.86. The minimum Gasteiger partial charge on any atom is -0.360 e. The molecule has 7 amide bonds. The van der Waals surface area contributed by atoms with E-state index in [1.807, 2.05) is 113 Å². The molecule has 0 saturated carbocycles. The number of rotatable bonds is 12. The molecule has 2 aliphatic heterocycles. The van der Waals surface area contributed by atoms with Gasteiger partial charge in [-0.2, -0.15) is 0 Å². The molecule has 0 aliphatic carbocycles. The summed E-state index contributed by atoms with van der Waals surface area (Å²) in [6.45, 7) is 22.6. The molecular weight excluding hydrogens is 797 g/mol. The summed E-state index contributed by atoms with van der Waals surface area (Å²) in [4.78, 5) is 94.5. The molecule has 2 aliphatic rings. The molecule has 2 aromatic rings. The van der Waals surface area contributed by atoms with Crippen LogP contribution < -0.4 is 37.2 Å². The monoisotopic (exact) mass is 865 g/mol. The molecule has 1 fully saturated rings. The van der Waals surface area contributed by atoms with Gasteiger partial charge in [0.1, 0.15) is 41.6 Å². The highest BCUT2D eigenvalue weighted by molar-refractivity contribution is 7.09. The maximum Gasteiger partial charge on any atom is 0.315 e. The van der Waals surface area contributed by atoms with E-state index in [0.717, 1.165) is 5.56 Å². The van der Waals surface area contributed by atoms with E-state index in [1.54, 1.807) is 11.6 Å². The quantitative estimate of drug-likeness (QED) is 0.167. The number of amidine groups is 1. The summed E-state index contributed by atoms with van der Waals surface area (Å²) in [5.41, 5.74) is -0.688. The highest BCUT2D eigenvalue weighted by Crippen LogP contribution is 2.28. The number of benzene rings is 1. The van der Waals surface area contributed by atoms with Gasteiger partial charge in [-0.25, -0.2) is 9.78 Å². The molecule has 16 nitrogen and oxygen atoms in total. The SMILES string of the molecule is CC(C)NC(=O)NC[C@@H](NC(=O)C(NC(=O)C(NC1=NCC(=O)N2CC[C@@H](C)[C@H]2C(=O)N[C@@H](C(C)C)C(=O)NC1C(C)(C)C)C(C)(C)C)[C@@H](C)c1ccccc1)c1nccs1. The van der Waals surface area contributed by atoms with Crippen molar-refractivity contribution in [1.82, 2.24) is 47.1 Å². The number of nitrogens with zero attached hydrogens (tertiary/aromatic N) is 3. The average molecular weight is 865 g/mol. The smallest absolute Gasteiger partial charge is 0.315 e. The Morgan fingerprint density at radius 2 is 1.57 bits per heavy atom. The van der Waals surface area contributed by atoms with Crippen molar-refractivity contribution in [1.29, 1.82) is 0 Å². The van der Waals surface area contributed by atoms with Gasteiger partial charge in [-0.1, -0.05) is 99.6 Å². The second kappa shape index (κ2) is 20.7. The zero-order valence-electron chi connectivity index (χ0n) is 37.8. The van der Waals surface area contributed by atoms with Gasteiger partial charge in [0.2, 0.25) is 29.5 Å². The van der Waals surface area contributed by atoms with E-state index in [-0.39, 0.29) is 48.6 Å². The van der Waals surface area contributed by atoms with Crippen LogP contribution in [0.2, 0.25) is 0 Å². The Balaban J connectivity index is 1.74. The first-order valence-electron chi connectivity index (χ1n) is 21.3. The third-order valence-corrected chi connectivity index (χ3v) is 12.0. The molecule has 1 aromatic heterocycles. The summed E-state index contributed by atoms with van der Waals surface area (Å²) in [6, 6.07) is 3.54. The molecule has 0 radical (unpaired) electrons. The van der Waals surface area contributed by atoms with Crippen molar-refractivity contribution in [2.45, 2.75) is 138 Å². The van der Waals surface area contributed by atoms with Crippen molar-refractivity contribution < 1.29 is 28.8 Å². The molecule has 0 spiro atoms. The number of hydrogen-bond acceptors (Lipinski definition) is 10. The van der Waals surface area contributed by atoms with Gasteiger partial charge in [0.25, 0.3) is 0 Å². The second-order valence-electron chi connectivity index (χ2n) is 19.1. The van der Waals surface area contributed by atoms with Gasteiger partial charge in [-0.05, 0) is 48.5 Å². The van der Waals surface area contributed by atoms with Crippen molar-refractivity contribution >= 4 is 52.7 Å². The molecule has 7 N–H and O–H groups in total. The van der Waals surface area contributed by atoms with Crippen LogP contribution in [-0.4, -0.2) is 107 Å². The molecule has 1 saturated heterocycles. The van der Waals surface area contributed by atoms with Crippen molar-refractivity contribution in [3.05, 3.63) is 52.5 Å². The summed E-state index contributed by atoms with van der Waals surface area (Å²) >= 11 is 1.33. The molecule has 4 rings (SSSR count). The van der Waals surface area contributed by atoms with Crippen LogP contribution in [0.3, 0.4) is 0 Å². The number of fused-ring (bicyclic) bond motifs is 1. The van der Waals surface area contributed by atoms with E-state index in [2.05, 4.69) is 42.2 Å². The molecule has 61 heavy (non-hydrogen) atoms. The summed E-state index contributed by atoms with van der Waals surface area (Å²) in [7, 11) is 0. The van der Waals surface area contributed by atoms with E-state index >= 15 is 0 Å². The lowest BCUT2D eigenvalue weighted by molar-refractivity contribution is -0.140. The lowest BCUT2D eigenvalue weighted by Gasteiger charge is -2.39. The maximum absolute atomic E-state index is 14.9. The number of carbonyl (C=O) groups excluding carboxylic acids is 6. The van der Waals surface area contributed by atoms with Crippen LogP contribution in [0.5, 0.6) is 0 Å². The average Bonchev–Trinajstić information content (AvgIpc) is 3.85. The Hall–Kier alpha value is -5.06. The van der Waals surface area contributed by atoms with Gasteiger partial charge in [0.15, 0.2) is 0 Å². The van der Waals surface area contributed by atoms with E-state index < -0.39 is 76.8 Å². The fraction of sp³-hybridized carbons (Fsp3) is 0.636. The molecule has 17 heteroatoms. The first kappa shape index (κ1) is 48.6. The fourth-order valence-electron chi connectivity index (χ4n) is 7.59. The third-order valence-electron chi connectivity index (χ3n) is 11.1. The third kappa shape index (κ3) is 13.0. The summed E-state index contributed by atoms with van der Waals surface area (Å²) in [6.07, 6.45) is 2.24. The molecule has 1 aromatic carbocycles. The zero-order valence-corrected chi connectivity index (χ0v) is 38.7.